The average Bonchev–Trinajstić information content (AvgIpc) is 2.30. The van der Waals surface area contributed by atoms with Crippen LogP contribution in [0.1, 0.15) is 25.0 Å². The van der Waals surface area contributed by atoms with E-state index in [1.165, 1.54) is 6.07 Å². The van der Waals surface area contributed by atoms with E-state index in [0.29, 0.717) is 11.3 Å². The number of aliphatic hydroxyl groups excluding tert-OH is 1. The van der Waals surface area contributed by atoms with Crippen LogP contribution in [0, 0.1) is 5.82 Å². The smallest absolute Gasteiger partial charge is 0.146 e. The third-order valence-corrected chi connectivity index (χ3v) is 2.85. The van der Waals surface area contributed by atoms with Crippen molar-refractivity contribution in [2.75, 3.05) is 18.0 Å². The molecule has 1 aliphatic heterocycles. The maximum absolute atomic E-state index is 13.8. The Hall–Kier alpha value is -1.35. The van der Waals surface area contributed by atoms with Gasteiger partial charge in [0.25, 0.3) is 0 Å². The largest absolute Gasteiger partial charge is 0.389 e. The maximum Gasteiger partial charge on any atom is 0.146 e. The molecule has 0 spiro atoms. The minimum absolute atomic E-state index is 0.256. The Morgan fingerprint density at radius 2 is 2.19 bits per heavy atom. The summed E-state index contributed by atoms with van der Waals surface area (Å²) >= 11 is 0. The highest BCUT2D eigenvalue weighted by atomic mass is 19.1. The number of aliphatic hydroxyl groups is 1. The van der Waals surface area contributed by atoms with Crippen molar-refractivity contribution in [2.24, 2.45) is 0 Å². The monoisotopic (exact) mass is 221 g/mol. The predicted molar refractivity (Wildman–Crippen MR) is 63.0 cm³/mol. The highest BCUT2D eigenvalue weighted by Gasteiger charge is 2.13. The molecule has 1 aliphatic rings. The van der Waals surface area contributed by atoms with Crippen LogP contribution in [0.25, 0.3) is 0 Å². The molecule has 1 atom stereocenters. The summed E-state index contributed by atoms with van der Waals surface area (Å²) in [6.07, 6.45) is 4.49. The van der Waals surface area contributed by atoms with Gasteiger partial charge in [-0.2, -0.15) is 0 Å². The maximum atomic E-state index is 13.8. The zero-order valence-corrected chi connectivity index (χ0v) is 9.36. The molecule has 86 valence electrons. The summed E-state index contributed by atoms with van der Waals surface area (Å²) < 4.78 is 13.8. The number of rotatable bonds is 2. The number of nitrogens with zero attached hydrogens (tertiary/aromatic N) is 1. The van der Waals surface area contributed by atoms with Crippen LogP contribution in [0.4, 0.5) is 10.1 Å². The summed E-state index contributed by atoms with van der Waals surface area (Å²) in [5, 5.41) is 9.36. The highest BCUT2D eigenvalue weighted by molar-refractivity contribution is 5.50. The lowest BCUT2D eigenvalue weighted by Crippen LogP contribution is -2.27. The first-order chi connectivity index (χ1) is 7.68. The van der Waals surface area contributed by atoms with Gasteiger partial charge in [-0.25, -0.2) is 4.39 Å². The van der Waals surface area contributed by atoms with Crippen molar-refractivity contribution in [1.82, 2.24) is 0 Å². The molecule has 3 heteroatoms. The molecule has 2 rings (SSSR count). The Balaban J connectivity index is 2.25. The lowest BCUT2D eigenvalue weighted by atomic mass is 10.1. The second kappa shape index (κ2) is 4.66. The molecule has 0 fully saturated rings. The second-order valence-corrected chi connectivity index (χ2v) is 4.09. The number of anilines is 1. The molecule has 0 saturated carbocycles. The van der Waals surface area contributed by atoms with Gasteiger partial charge in [-0.1, -0.05) is 18.2 Å². The van der Waals surface area contributed by atoms with Crippen LogP contribution in [0.2, 0.25) is 0 Å². The van der Waals surface area contributed by atoms with Gasteiger partial charge in [-0.15, -0.1) is 0 Å². The van der Waals surface area contributed by atoms with E-state index in [2.05, 4.69) is 6.08 Å². The number of hydrogen-bond donors (Lipinski definition) is 1. The SMILES string of the molecule is CC(O)c1ccc(N2CC=CCC2)c(F)c1. The van der Waals surface area contributed by atoms with Crippen molar-refractivity contribution in [3.63, 3.8) is 0 Å². The molecule has 0 amide bonds. The van der Waals surface area contributed by atoms with Crippen molar-refractivity contribution < 1.29 is 9.50 Å². The van der Waals surface area contributed by atoms with Crippen LogP contribution in [0.15, 0.2) is 30.4 Å². The summed E-state index contributed by atoms with van der Waals surface area (Å²) in [5.41, 5.74) is 1.24. The van der Waals surface area contributed by atoms with Crippen LogP contribution in [0.5, 0.6) is 0 Å². The molecule has 0 aromatic heterocycles. The molecule has 0 bridgehead atoms. The van der Waals surface area contributed by atoms with E-state index in [-0.39, 0.29) is 5.82 Å². The fraction of sp³-hybridized carbons (Fsp3) is 0.385. The third kappa shape index (κ3) is 2.25. The number of benzene rings is 1. The molecule has 16 heavy (non-hydrogen) atoms. The molecular formula is C13H16FNO. The van der Waals surface area contributed by atoms with E-state index in [1.807, 2.05) is 11.0 Å². The van der Waals surface area contributed by atoms with Gasteiger partial charge in [0.2, 0.25) is 0 Å². The van der Waals surface area contributed by atoms with E-state index < -0.39 is 6.10 Å². The summed E-state index contributed by atoms with van der Waals surface area (Å²) in [5.74, 6) is -0.256. The summed E-state index contributed by atoms with van der Waals surface area (Å²) in [4.78, 5) is 2.00. The van der Waals surface area contributed by atoms with Gasteiger partial charge in [-0.3, -0.25) is 0 Å². The summed E-state index contributed by atoms with van der Waals surface area (Å²) in [6, 6.07) is 4.94. The molecule has 1 aromatic rings. The topological polar surface area (TPSA) is 23.5 Å². The van der Waals surface area contributed by atoms with Gasteiger partial charge in [0.05, 0.1) is 11.8 Å². The van der Waals surface area contributed by atoms with Crippen molar-refractivity contribution in [3.05, 3.63) is 41.7 Å². The Bertz CT molecular complexity index is 401. The molecule has 1 unspecified atom stereocenters. The first-order valence-electron chi connectivity index (χ1n) is 5.56. The highest BCUT2D eigenvalue weighted by Crippen LogP contribution is 2.24. The van der Waals surface area contributed by atoms with Crippen LogP contribution in [-0.4, -0.2) is 18.2 Å². The van der Waals surface area contributed by atoms with Crippen molar-refractivity contribution in [1.29, 1.82) is 0 Å². The Morgan fingerprint density at radius 3 is 2.75 bits per heavy atom. The molecule has 0 aliphatic carbocycles. The fourth-order valence-electron chi connectivity index (χ4n) is 1.90. The van der Waals surface area contributed by atoms with Gasteiger partial charge < -0.3 is 10.0 Å². The molecule has 1 aromatic carbocycles. The average molecular weight is 221 g/mol. The van der Waals surface area contributed by atoms with Crippen LogP contribution in [0.3, 0.4) is 0 Å². The standard InChI is InChI=1S/C13H16FNO/c1-10(16)11-5-6-13(12(14)9-11)15-7-3-2-4-8-15/h2-3,5-6,9-10,16H,4,7-8H2,1H3. The first kappa shape index (κ1) is 11.1. The normalized spacial score (nSPS) is 17.6. The lowest BCUT2D eigenvalue weighted by molar-refractivity contribution is 0.199. The zero-order chi connectivity index (χ0) is 11.5. The molecule has 1 heterocycles. The number of halogens is 1. The van der Waals surface area contributed by atoms with Gasteiger partial charge in [0, 0.05) is 13.1 Å². The van der Waals surface area contributed by atoms with E-state index in [4.69, 9.17) is 0 Å². The predicted octanol–water partition coefficient (Wildman–Crippen LogP) is 2.65. The summed E-state index contributed by atoms with van der Waals surface area (Å²) in [6.45, 7) is 3.24. The van der Waals surface area contributed by atoms with E-state index in [1.54, 1.807) is 19.1 Å². The molecular weight excluding hydrogens is 205 g/mol. The van der Waals surface area contributed by atoms with Crippen molar-refractivity contribution in [3.8, 4) is 0 Å². The third-order valence-electron chi connectivity index (χ3n) is 2.85. The second-order valence-electron chi connectivity index (χ2n) is 4.09. The lowest BCUT2D eigenvalue weighted by Gasteiger charge is -2.26. The Labute approximate surface area is 95.0 Å². The van der Waals surface area contributed by atoms with Crippen molar-refractivity contribution in [2.45, 2.75) is 19.4 Å². The number of hydrogen-bond acceptors (Lipinski definition) is 2. The van der Waals surface area contributed by atoms with E-state index >= 15 is 0 Å². The quantitative estimate of drug-likeness (QED) is 0.776. The summed E-state index contributed by atoms with van der Waals surface area (Å²) in [7, 11) is 0. The molecule has 0 saturated heterocycles. The minimum atomic E-state index is -0.621. The fourth-order valence-corrected chi connectivity index (χ4v) is 1.90. The molecule has 2 nitrogen and oxygen atoms in total. The molecule has 0 radical (unpaired) electrons. The van der Waals surface area contributed by atoms with E-state index in [9.17, 15) is 9.50 Å². The van der Waals surface area contributed by atoms with Crippen LogP contribution < -0.4 is 4.90 Å². The van der Waals surface area contributed by atoms with Gasteiger partial charge >= 0.3 is 0 Å². The minimum Gasteiger partial charge on any atom is -0.389 e. The molecule has 1 N–H and O–H groups in total. The Kier molecular flexibility index (Phi) is 3.25. The first-order valence-corrected chi connectivity index (χ1v) is 5.56. The van der Waals surface area contributed by atoms with Crippen molar-refractivity contribution >= 4 is 5.69 Å². The van der Waals surface area contributed by atoms with E-state index in [0.717, 1.165) is 19.5 Å². The Morgan fingerprint density at radius 1 is 1.38 bits per heavy atom. The van der Waals surface area contributed by atoms with Gasteiger partial charge in [-0.05, 0) is 31.0 Å². The van der Waals surface area contributed by atoms with Crippen LogP contribution in [-0.2, 0) is 0 Å². The van der Waals surface area contributed by atoms with Gasteiger partial charge in [0.1, 0.15) is 5.82 Å². The van der Waals surface area contributed by atoms with Gasteiger partial charge in [0.15, 0.2) is 0 Å². The zero-order valence-electron chi connectivity index (χ0n) is 9.36. The van der Waals surface area contributed by atoms with Crippen LogP contribution >= 0.6 is 0 Å².